The maximum atomic E-state index is 11.3. The third-order valence-corrected chi connectivity index (χ3v) is 2.24. The summed E-state index contributed by atoms with van der Waals surface area (Å²) in [6.45, 7) is 1.84. The normalized spacial score (nSPS) is 9.69. The van der Waals surface area contributed by atoms with Crippen LogP contribution in [0.4, 0.5) is 5.69 Å². The lowest BCUT2D eigenvalue weighted by atomic mass is 10.2. The van der Waals surface area contributed by atoms with E-state index in [1.54, 1.807) is 18.2 Å². The standard InChI is InChI=1S/C10H11ClN2O3/c1-6-3-4-7(5-8(6)11)12-9(14)10(15)13-16-2/h3-5H,1-2H3,(H,12,14)(H,13,15). The average Bonchev–Trinajstić information content (AvgIpc) is 2.24. The summed E-state index contributed by atoms with van der Waals surface area (Å²) in [5.41, 5.74) is 3.25. The molecule has 0 aliphatic carbocycles. The zero-order chi connectivity index (χ0) is 12.1. The zero-order valence-electron chi connectivity index (χ0n) is 8.83. The lowest BCUT2D eigenvalue weighted by Crippen LogP contribution is -2.34. The Balaban J connectivity index is 2.70. The van der Waals surface area contributed by atoms with Crippen LogP contribution in [0, 0.1) is 6.92 Å². The number of aryl methyl sites for hydroxylation is 1. The Kier molecular flexibility index (Phi) is 4.28. The summed E-state index contributed by atoms with van der Waals surface area (Å²) in [5, 5.41) is 2.90. The first kappa shape index (κ1) is 12.5. The van der Waals surface area contributed by atoms with Crippen molar-refractivity contribution in [3.63, 3.8) is 0 Å². The molecular weight excluding hydrogens is 232 g/mol. The highest BCUT2D eigenvalue weighted by Crippen LogP contribution is 2.19. The molecule has 0 heterocycles. The van der Waals surface area contributed by atoms with Gasteiger partial charge in [-0.15, -0.1) is 0 Å². The van der Waals surface area contributed by atoms with Gasteiger partial charge in [0.25, 0.3) is 0 Å². The van der Waals surface area contributed by atoms with Crippen molar-refractivity contribution in [1.29, 1.82) is 0 Å². The van der Waals surface area contributed by atoms with Crippen LogP contribution in [0.5, 0.6) is 0 Å². The van der Waals surface area contributed by atoms with Crippen LogP contribution in [0.3, 0.4) is 0 Å². The van der Waals surface area contributed by atoms with Gasteiger partial charge in [-0.1, -0.05) is 17.7 Å². The first-order valence-electron chi connectivity index (χ1n) is 4.45. The molecule has 86 valence electrons. The van der Waals surface area contributed by atoms with Crippen molar-refractivity contribution in [2.45, 2.75) is 6.92 Å². The molecule has 1 rings (SSSR count). The maximum absolute atomic E-state index is 11.3. The lowest BCUT2D eigenvalue weighted by Gasteiger charge is -2.06. The Morgan fingerprint density at radius 3 is 2.56 bits per heavy atom. The van der Waals surface area contributed by atoms with Crippen LogP contribution in [-0.2, 0) is 14.4 Å². The highest BCUT2D eigenvalue weighted by Gasteiger charge is 2.13. The van der Waals surface area contributed by atoms with E-state index in [-0.39, 0.29) is 0 Å². The van der Waals surface area contributed by atoms with Crippen LogP contribution in [0.25, 0.3) is 0 Å². The molecule has 2 amide bonds. The number of amides is 2. The Labute approximate surface area is 97.7 Å². The van der Waals surface area contributed by atoms with Crippen molar-refractivity contribution >= 4 is 29.1 Å². The molecular formula is C10H11ClN2O3. The summed E-state index contributed by atoms with van der Waals surface area (Å²) in [6, 6.07) is 4.96. The molecule has 6 heteroatoms. The number of nitrogens with one attached hydrogen (secondary N) is 2. The Bertz CT molecular complexity index is 421. The summed E-state index contributed by atoms with van der Waals surface area (Å²) in [4.78, 5) is 26.6. The molecule has 5 nitrogen and oxygen atoms in total. The molecule has 0 radical (unpaired) electrons. The fraction of sp³-hybridized carbons (Fsp3) is 0.200. The van der Waals surface area contributed by atoms with Gasteiger partial charge < -0.3 is 5.32 Å². The van der Waals surface area contributed by atoms with Gasteiger partial charge in [-0.2, -0.15) is 0 Å². The molecule has 0 atom stereocenters. The highest BCUT2D eigenvalue weighted by atomic mass is 35.5. The first-order chi connectivity index (χ1) is 7.54. The summed E-state index contributed by atoms with van der Waals surface area (Å²) in [5.74, 6) is -1.69. The van der Waals surface area contributed by atoms with E-state index in [0.717, 1.165) is 5.56 Å². The Morgan fingerprint density at radius 2 is 2.00 bits per heavy atom. The molecule has 0 spiro atoms. The van der Waals surface area contributed by atoms with Crippen LogP contribution in [0.15, 0.2) is 18.2 Å². The minimum Gasteiger partial charge on any atom is -0.318 e. The largest absolute Gasteiger partial charge is 0.333 e. The number of halogens is 1. The minimum atomic E-state index is -0.876. The molecule has 0 saturated carbocycles. The van der Waals surface area contributed by atoms with E-state index in [1.165, 1.54) is 7.11 Å². The van der Waals surface area contributed by atoms with Crippen molar-refractivity contribution in [2.24, 2.45) is 0 Å². The summed E-state index contributed by atoms with van der Waals surface area (Å²) in [7, 11) is 1.24. The van der Waals surface area contributed by atoms with Crippen molar-refractivity contribution in [1.82, 2.24) is 5.48 Å². The zero-order valence-corrected chi connectivity index (χ0v) is 9.59. The second-order valence-electron chi connectivity index (χ2n) is 3.05. The predicted molar refractivity (Wildman–Crippen MR) is 60.0 cm³/mol. The monoisotopic (exact) mass is 242 g/mol. The topological polar surface area (TPSA) is 67.4 Å². The third kappa shape index (κ3) is 3.22. The number of hydroxylamine groups is 1. The molecule has 0 bridgehead atoms. The van der Waals surface area contributed by atoms with Crippen molar-refractivity contribution in [3.05, 3.63) is 28.8 Å². The average molecular weight is 243 g/mol. The molecule has 0 unspecified atom stereocenters. The van der Waals surface area contributed by atoms with Gasteiger partial charge in [-0.25, -0.2) is 5.48 Å². The van der Waals surface area contributed by atoms with Crippen LogP contribution in [-0.4, -0.2) is 18.9 Å². The molecule has 1 aromatic rings. The van der Waals surface area contributed by atoms with E-state index in [9.17, 15) is 9.59 Å². The summed E-state index contributed by atoms with van der Waals surface area (Å²) >= 11 is 5.86. The molecule has 1 aromatic carbocycles. The number of carbonyl (C=O) groups excluding carboxylic acids is 2. The van der Waals surface area contributed by atoms with E-state index < -0.39 is 11.8 Å². The smallest absolute Gasteiger partial charge is 0.318 e. The predicted octanol–water partition coefficient (Wildman–Crippen LogP) is 1.26. The number of rotatable bonds is 2. The number of benzene rings is 1. The molecule has 0 fully saturated rings. The number of carbonyl (C=O) groups is 2. The third-order valence-electron chi connectivity index (χ3n) is 1.83. The van der Waals surface area contributed by atoms with Gasteiger partial charge in [-0.3, -0.25) is 14.4 Å². The van der Waals surface area contributed by atoms with E-state index in [4.69, 9.17) is 11.6 Å². The fourth-order valence-electron chi connectivity index (χ4n) is 0.998. The number of anilines is 1. The molecule has 0 aromatic heterocycles. The molecule has 0 aliphatic rings. The molecule has 0 saturated heterocycles. The van der Waals surface area contributed by atoms with E-state index in [1.807, 2.05) is 12.4 Å². The van der Waals surface area contributed by atoms with Crippen molar-refractivity contribution in [2.75, 3.05) is 12.4 Å². The second kappa shape index (κ2) is 5.48. The number of hydrogen-bond acceptors (Lipinski definition) is 3. The van der Waals surface area contributed by atoms with Gasteiger partial charge in [-0.05, 0) is 24.6 Å². The van der Waals surface area contributed by atoms with Gasteiger partial charge in [0.1, 0.15) is 0 Å². The summed E-state index contributed by atoms with van der Waals surface area (Å²) < 4.78 is 0. The van der Waals surface area contributed by atoms with Gasteiger partial charge in [0.2, 0.25) is 0 Å². The second-order valence-corrected chi connectivity index (χ2v) is 3.46. The van der Waals surface area contributed by atoms with Gasteiger partial charge >= 0.3 is 11.8 Å². The Hall–Kier alpha value is -1.59. The van der Waals surface area contributed by atoms with Crippen LogP contribution in [0.1, 0.15) is 5.56 Å². The summed E-state index contributed by atoms with van der Waals surface area (Å²) in [6.07, 6.45) is 0. The van der Waals surface area contributed by atoms with Crippen molar-refractivity contribution in [3.8, 4) is 0 Å². The first-order valence-corrected chi connectivity index (χ1v) is 4.83. The fourth-order valence-corrected chi connectivity index (χ4v) is 1.18. The highest BCUT2D eigenvalue weighted by molar-refractivity contribution is 6.39. The van der Waals surface area contributed by atoms with E-state index >= 15 is 0 Å². The van der Waals surface area contributed by atoms with Gasteiger partial charge in [0.15, 0.2) is 0 Å². The van der Waals surface area contributed by atoms with Gasteiger partial charge in [0, 0.05) is 10.7 Å². The quantitative estimate of drug-likeness (QED) is 0.606. The van der Waals surface area contributed by atoms with E-state index in [0.29, 0.717) is 10.7 Å². The van der Waals surface area contributed by atoms with Gasteiger partial charge in [0.05, 0.1) is 7.11 Å². The van der Waals surface area contributed by atoms with Crippen LogP contribution >= 0.6 is 11.6 Å². The van der Waals surface area contributed by atoms with Crippen molar-refractivity contribution < 1.29 is 14.4 Å². The SMILES string of the molecule is CONC(=O)C(=O)Nc1ccc(C)c(Cl)c1. The lowest BCUT2D eigenvalue weighted by molar-refractivity contribution is -0.142. The number of hydrogen-bond donors (Lipinski definition) is 2. The Morgan fingerprint density at radius 1 is 1.31 bits per heavy atom. The van der Waals surface area contributed by atoms with E-state index in [2.05, 4.69) is 10.2 Å². The molecule has 0 aliphatic heterocycles. The minimum absolute atomic E-state index is 0.451. The molecule has 2 N–H and O–H groups in total. The maximum Gasteiger partial charge on any atom is 0.333 e. The molecule has 16 heavy (non-hydrogen) atoms. The van der Waals surface area contributed by atoms with Crippen LogP contribution in [0.2, 0.25) is 5.02 Å². The van der Waals surface area contributed by atoms with Crippen LogP contribution < -0.4 is 10.8 Å².